The fraction of sp³-hybridized carbons (Fsp3) is 0.533. The number of thioether (sulfide) groups is 1. The van der Waals surface area contributed by atoms with Crippen LogP contribution in [0.2, 0.25) is 0 Å². The summed E-state index contributed by atoms with van der Waals surface area (Å²) in [5.74, 6) is 0.580. The van der Waals surface area contributed by atoms with E-state index in [4.69, 9.17) is 0 Å². The summed E-state index contributed by atoms with van der Waals surface area (Å²) in [6.45, 7) is 9.74. The van der Waals surface area contributed by atoms with Crippen LogP contribution in [0.3, 0.4) is 0 Å². The van der Waals surface area contributed by atoms with Gasteiger partial charge in [0.2, 0.25) is 0 Å². The van der Waals surface area contributed by atoms with E-state index in [1.54, 1.807) is 11.8 Å². The van der Waals surface area contributed by atoms with Crippen LogP contribution in [0.4, 0.5) is 5.69 Å². The molecule has 0 aliphatic carbocycles. The lowest BCUT2D eigenvalue weighted by molar-refractivity contribution is 0.570. The first-order valence-corrected chi connectivity index (χ1v) is 7.57. The normalized spacial score (nSPS) is 10.8. The molecule has 18 heavy (non-hydrogen) atoms. The van der Waals surface area contributed by atoms with Crippen molar-refractivity contribution in [1.82, 2.24) is 0 Å². The first kappa shape index (κ1) is 14.9. The molecule has 0 aliphatic heterocycles. The molecule has 0 unspecified atom stereocenters. The second-order valence-corrected chi connectivity index (χ2v) is 5.95. The number of hydrogen-bond acceptors (Lipinski definition) is 3. The average molecular weight is 262 g/mol. The molecule has 0 fully saturated rings. The second kappa shape index (κ2) is 6.70. The lowest BCUT2D eigenvalue weighted by atomic mass is 10.1. The Labute approximate surface area is 115 Å². The summed E-state index contributed by atoms with van der Waals surface area (Å²) in [6.07, 6.45) is 2.02. The van der Waals surface area contributed by atoms with Gasteiger partial charge in [0.1, 0.15) is 6.07 Å². The Kier molecular flexibility index (Phi) is 5.55. The largest absolute Gasteiger partial charge is 0.368 e. The van der Waals surface area contributed by atoms with Crippen LogP contribution in [0.15, 0.2) is 23.1 Å². The van der Waals surface area contributed by atoms with Gasteiger partial charge in [-0.25, -0.2) is 0 Å². The number of nitrogens with zero attached hydrogens (tertiary/aromatic N) is 2. The number of benzene rings is 1. The van der Waals surface area contributed by atoms with Crippen LogP contribution in [0.25, 0.3) is 0 Å². The molecule has 1 aromatic carbocycles. The van der Waals surface area contributed by atoms with Crippen molar-refractivity contribution < 1.29 is 0 Å². The summed E-state index contributed by atoms with van der Waals surface area (Å²) in [5.41, 5.74) is 1.87. The number of rotatable bonds is 5. The number of hydrogen-bond donors (Lipinski definition) is 0. The fourth-order valence-corrected chi connectivity index (χ4v) is 2.59. The molecule has 0 aromatic heterocycles. The zero-order chi connectivity index (χ0) is 13.7. The third-order valence-corrected chi connectivity index (χ3v) is 3.61. The Bertz CT molecular complexity index is 433. The average Bonchev–Trinajstić information content (AvgIpc) is 2.34. The molecule has 0 heterocycles. The summed E-state index contributed by atoms with van der Waals surface area (Å²) in [6, 6.07) is 8.87. The van der Waals surface area contributed by atoms with Crippen LogP contribution in [0, 0.1) is 17.2 Å². The quantitative estimate of drug-likeness (QED) is 0.746. The third-order valence-electron chi connectivity index (χ3n) is 2.83. The highest BCUT2D eigenvalue weighted by atomic mass is 32.2. The Morgan fingerprint density at radius 3 is 2.39 bits per heavy atom. The maximum absolute atomic E-state index is 9.41. The van der Waals surface area contributed by atoms with E-state index < -0.39 is 0 Å². The standard InChI is InChI=1S/C15H22N2S/c1-11(2)10-17(12(3)4)14-7-6-8-15(18-5)13(14)9-16/h6-8,11-12H,10H2,1-5H3. The molecule has 0 saturated carbocycles. The smallest absolute Gasteiger partial charge is 0.103 e. The SMILES string of the molecule is CSc1cccc(N(CC(C)C)C(C)C)c1C#N. The van der Waals surface area contributed by atoms with Gasteiger partial charge < -0.3 is 4.90 Å². The van der Waals surface area contributed by atoms with Crippen LogP contribution in [-0.2, 0) is 0 Å². The first-order chi connectivity index (χ1) is 8.51. The zero-order valence-corrected chi connectivity index (χ0v) is 12.7. The molecule has 0 spiro atoms. The predicted octanol–water partition coefficient (Wildman–Crippen LogP) is 4.15. The number of anilines is 1. The molecule has 3 heteroatoms. The maximum Gasteiger partial charge on any atom is 0.103 e. The van der Waals surface area contributed by atoms with Gasteiger partial charge in [0, 0.05) is 17.5 Å². The van der Waals surface area contributed by atoms with E-state index in [1.165, 1.54) is 0 Å². The van der Waals surface area contributed by atoms with Gasteiger partial charge in [0.25, 0.3) is 0 Å². The van der Waals surface area contributed by atoms with Gasteiger partial charge in [-0.1, -0.05) is 19.9 Å². The molecule has 0 radical (unpaired) electrons. The minimum absolute atomic E-state index is 0.400. The summed E-state index contributed by atoms with van der Waals surface area (Å²) in [4.78, 5) is 3.38. The van der Waals surface area contributed by atoms with Crippen molar-refractivity contribution in [3.63, 3.8) is 0 Å². The highest BCUT2D eigenvalue weighted by Crippen LogP contribution is 2.30. The number of nitriles is 1. The molecule has 1 aromatic rings. The van der Waals surface area contributed by atoms with Gasteiger partial charge in [0.15, 0.2) is 0 Å². The van der Waals surface area contributed by atoms with Gasteiger partial charge in [0.05, 0.1) is 11.3 Å². The Morgan fingerprint density at radius 2 is 1.94 bits per heavy atom. The van der Waals surface area contributed by atoms with Gasteiger partial charge >= 0.3 is 0 Å². The second-order valence-electron chi connectivity index (χ2n) is 5.11. The van der Waals surface area contributed by atoms with Crippen LogP contribution in [0.1, 0.15) is 33.3 Å². The molecule has 0 N–H and O–H groups in total. The Hall–Kier alpha value is -1.14. The minimum atomic E-state index is 0.400. The molecule has 0 amide bonds. The summed E-state index contributed by atoms with van der Waals surface area (Å²) < 4.78 is 0. The summed E-state index contributed by atoms with van der Waals surface area (Å²) in [5, 5.41) is 9.41. The molecule has 0 aliphatic rings. The van der Waals surface area contributed by atoms with Gasteiger partial charge in [-0.2, -0.15) is 5.26 Å². The monoisotopic (exact) mass is 262 g/mol. The van der Waals surface area contributed by atoms with Crippen LogP contribution >= 0.6 is 11.8 Å². The van der Waals surface area contributed by atoms with Crippen molar-refractivity contribution in [2.75, 3.05) is 17.7 Å². The van der Waals surface area contributed by atoms with Crippen LogP contribution in [-0.4, -0.2) is 18.8 Å². The van der Waals surface area contributed by atoms with Crippen molar-refractivity contribution in [3.05, 3.63) is 23.8 Å². The third kappa shape index (κ3) is 3.43. The van der Waals surface area contributed by atoms with E-state index in [2.05, 4.69) is 44.7 Å². The van der Waals surface area contributed by atoms with Crippen molar-refractivity contribution in [1.29, 1.82) is 5.26 Å². The lowest BCUT2D eigenvalue weighted by Crippen LogP contribution is -2.34. The van der Waals surface area contributed by atoms with E-state index in [1.807, 2.05) is 18.4 Å². The van der Waals surface area contributed by atoms with Crippen molar-refractivity contribution in [3.8, 4) is 6.07 Å². The molecular weight excluding hydrogens is 240 g/mol. The molecular formula is C15H22N2S. The van der Waals surface area contributed by atoms with E-state index in [0.717, 1.165) is 22.7 Å². The Balaban J connectivity index is 3.24. The molecule has 2 nitrogen and oxygen atoms in total. The van der Waals surface area contributed by atoms with Crippen molar-refractivity contribution in [2.24, 2.45) is 5.92 Å². The topological polar surface area (TPSA) is 27.0 Å². The minimum Gasteiger partial charge on any atom is -0.368 e. The van der Waals surface area contributed by atoms with E-state index in [-0.39, 0.29) is 0 Å². The molecule has 0 atom stereocenters. The van der Waals surface area contributed by atoms with Gasteiger partial charge in [-0.05, 0) is 38.2 Å². The summed E-state index contributed by atoms with van der Waals surface area (Å²) in [7, 11) is 0. The molecule has 98 valence electrons. The first-order valence-electron chi connectivity index (χ1n) is 6.35. The lowest BCUT2D eigenvalue weighted by Gasteiger charge is -2.31. The molecule has 0 bridgehead atoms. The highest BCUT2D eigenvalue weighted by molar-refractivity contribution is 7.98. The van der Waals surface area contributed by atoms with Crippen molar-refractivity contribution in [2.45, 2.75) is 38.6 Å². The summed E-state index contributed by atoms with van der Waals surface area (Å²) >= 11 is 1.63. The zero-order valence-electron chi connectivity index (χ0n) is 11.9. The highest BCUT2D eigenvalue weighted by Gasteiger charge is 2.17. The van der Waals surface area contributed by atoms with E-state index in [0.29, 0.717) is 12.0 Å². The van der Waals surface area contributed by atoms with E-state index >= 15 is 0 Å². The molecule has 1 rings (SSSR count). The molecule has 0 saturated heterocycles. The van der Waals surface area contributed by atoms with E-state index in [9.17, 15) is 5.26 Å². The fourth-order valence-electron chi connectivity index (χ4n) is 2.02. The van der Waals surface area contributed by atoms with Crippen molar-refractivity contribution >= 4 is 17.4 Å². The van der Waals surface area contributed by atoms with Crippen LogP contribution in [0.5, 0.6) is 0 Å². The van der Waals surface area contributed by atoms with Gasteiger partial charge in [-0.15, -0.1) is 11.8 Å². The predicted molar refractivity (Wildman–Crippen MR) is 80.3 cm³/mol. The van der Waals surface area contributed by atoms with Gasteiger partial charge in [-0.3, -0.25) is 0 Å². The Morgan fingerprint density at radius 1 is 1.28 bits per heavy atom. The maximum atomic E-state index is 9.41. The van der Waals surface area contributed by atoms with Crippen LogP contribution < -0.4 is 4.90 Å².